The van der Waals surface area contributed by atoms with E-state index in [0.717, 1.165) is 46.6 Å². The summed E-state index contributed by atoms with van der Waals surface area (Å²) in [6, 6.07) is 0. The van der Waals surface area contributed by atoms with Crippen LogP contribution in [-0.4, -0.2) is 78.3 Å². The Morgan fingerprint density at radius 1 is 0.829 bits per heavy atom. The first-order chi connectivity index (χ1) is 19.1. The van der Waals surface area contributed by atoms with Crippen LogP contribution in [0.15, 0.2) is 12.4 Å². The van der Waals surface area contributed by atoms with Crippen LogP contribution in [0.2, 0.25) is 0 Å². The van der Waals surface area contributed by atoms with Gasteiger partial charge in [-0.3, -0.25) is 14.2 Å². The van der Waals surface area contributed by atoms with E-state index in [1.165, 1.54) is 0 Å². The van der Waals surface area contributed by atoms with Crippen molar-refractivity contribution in [2.24, 2.45) is 5.41 Å². The van der Waals surface area contributed by atoms with E-state index in [-0.39, 0.29) is 23.5 Å². The smallest absolute Gasteiger partial charge is 0.410 e. The number of nitrogens with zero attached hydrogens (tertiary/aromatic N) is 7. The summed E-state index contributed by atoms with van der Waals surface area (Å²) in [5.74, 6) is 0.178. The number of anilines is 1. The van der Waals surface area contributed by atoms with Crippen molar-refractivity contribution in [3.63, 3.8) is 0 Å². The zero-order chi connectivity index (χ0) is 29.7. The zero-order valence-corrected chi connectivity index (χ0v) is 26.9. The lowest BCUT2D eigenvalue weighted by molar-refractivity contribution is -0.117. The highest BCUT2D eigenvalue weighted by Gasteiger charge is 2.52. The molecule has 12 nitrogen and oxygen atoms in total. The van der Waals surface area contributed by atoms with E-state index >= 15 is 0 Å². The average molecular weight is 682 g/mol. The second kappa shape index (κ2) is 10.8. The van der Waals surface area contributed by atoms with Crippen LogP contribution in [0.5, 0.6) is 0 Å². The van der Waals surface area contributed by atoms with E-state index in [2.05, 4.69) is 32.8 Å². The summed E-state index contributed by atoms with van der Waals surface area (Å²) in [5, 5.41) is 8.67. The quantitative estimate of drug-likeness (QED) is 0.411. The van der Waals surface area contributed by atoms with Crippen molar-refractivity contribution < 1.29 is 23.9 Å². The number of aromatic nitrogens is 4. The van der Waals surface area contributed by atoms with Gasteiger partial charge in [-0.15, -0.1) is 0 Å². The van der Waals surface area contributed by atoms with Crippen LogP contribution >= 0.6 is 22.6 Å². The predicted octanol–water partition coefficient (Wildman–Crippen LogP) is 4.39. The van der Waals surface area contributed by atoms with Gasteiger partial charge in [-0.2, -0.15) is 10.2 Å². The summed E-state index contributed by atoms with van der Waals surface area (Å²) >= 11 is 2.24. The van der Waals surface area contributed by atoms with Gasteiger partial charge in [0.1, 0.15) is 11.2 Å². The van der Waals surface area contributed by atoms with Crippen LogP contribution in [0, 0.1) is 8.99 Å². The third-order valence-electron chi connectivity index (χ3n) is 7.54. The molecular formula is C28H40IN7O5. The van der Waals surface area contributed by atoms with Gasteiger partial charge in [0.05, 0.1) is 59.2 Å². The second-order valence-corrected chi connectivity index (χ2v) is 14.5. The molecule has 2 aromatic heterocycles. The van der Waals surface area contributed by atoms with Crippen LogP contribution < -0.4 is 4.90 Å². The highest BCUT2D eigenvalue weighted by molar-refractivity contribution is 14.1. The lowest BCUT2D eigenvalue weighted by Gasteiger charge is -2.31. The first-order valence-electron chi connectivity index (χ1n) is 14.1. The molecule has 2 fully saturated rings. The highest BCUT2D eigenvalue weighted by Crippen LogP contribution is 2.54. The molecule has 0 radical (unpaired) electrons. The molecule has 0 N–H and O–H groups in total. The second-order valence-electron chi connectivity index (χ2n) is 13.3. The van der Waals surface area contributed by atoms with Crippen LogP contribution in [0.3, 0.4) is 0 Å². The molecule has 1 saturated heterocycles. The SMILES string of the molecule is CC(C)(C)OC(=O)N1CCn2ncc(I)c2C1.CC(C)(C)OC(=O)N1CCn2ncc(N3CC4(CC4)CC3=O)c2C1. The topological polar surface area (TPSA) is 115 Å². The third kappa shape index (κ3) is 6.81. The molecule has 1 spiro atoms. The largest absolute Gasteiger partial charge is 0.444 e. The van der Waals surface area contributed by atoms with Gasteiger partial charge in [-0.05, 0) is 82.4 Å². The summed E-state index contributed by atoms with van der Waals surface area (Å²) in [5.41, 5.74) is 2.13. The molecule has 0 bridgehead atoms. The van der Waals surface area contributed by atoms with Crippen molar-refractivity contribution in [3.8, 4) is 0 Å². The van der Waals surface area contributed by atoms with Crippen molar-refractivity contribution in [1.82, 2.24) is 29.4 Å². The van der Waals surface area contributed by atoms with Gasteiger partial charge in [-0.1, -0.05) is 0 Å². The number of ether oxygens (including phenoxy) is 2. The van der Waals surface area contributed by atoms with Crippen LogP contribution in [0.1, 0.15) is 72.2 Å². The lowest BCUT2D eigenvalue weighted by Crippen LogP contribution is -2.42. The van der Waals surface area contributed by atoms with Gasteiger partial charge < -0.3 is 24.2 Å². The van der Waals surface area contributed by atoms with E-state index in [9.17, 15) is 14.4 Å². The molecule has 1 aliphatic carbocycles. The molecule has 224 valence electrons. The minimum absolute atomic E-state index is 0.178. The zero-order valence-electron chi connectivity index (χ0n) is 24.8. The van der Waals surface area contributed by atoms with Crippen molar-refractivity contribution in [2.45, 2.75) is 98.2 Å². The summed E-state index contributed by atoms with van der Waals surface area (Å²) < 4.78 is 15.8. The van der Waals surface area contributed by atoms with Crippen molar-refractivity contribution in [2.75, 3.05) is 24.5 Å². The van der Waals surface area contributed by atoms with Crippen molar-refractivity contribution >= 4 is 46.4 Å². The van der Waals surface area contributed by atoms with Gasteiger partial charge >= 0.3 is 12.2 Å². The highest BCUT2D eigenvalue weighted by atomic mass is 127. The summed E-state index contributed by atoms with van der Waals surface area (Å²) in [6.07, 6.45) is 5.97. The number of rotatable bonds is 1. The maximum absolute atomic E-state index is 12.4. The Morgan fingerprint density at radius 3 is 1.85 bits per heavy atom. The Morgan fingerprint density at radius 2 is 1.34 bits per heavy atom. The number of amides is 3. The average Bonchev–Trinajstić information content (AvgIpc) is 3.17. The number of hydrogen-bond donors (Lipinski definition) is 0. The first-order valence-corrected chi connectivity index (χ1v) is 15.2. The van der Waals surface area contributed by atoms with E-state index < -0.39 is 11.2 Å². The van der Waals surface area contributed by atoms with Gasteiger partial charge in [0.15, 0.2) is 0 Å². The van der Waals surface area contributed by atoms with Crippen LogP contribution in [-0.2, 0) is 40.4 Å². The number of fused-ring (bicyclic) bond motifs is 2. The molecule has 0 atom stereocenters. The number of carbonyl (C=O) groups is 3. The van der Waals surface area contributed by atoms with E-state index in [0.29, 0.717) is 39.1 Å². The molecule has 41 heavy (non-hydrogen) atoms. The van der Waals surface area contributed by atoms with E-state index in [1.54, 1.807) is 16.0 Å². The normalized spacial score (nSPS) is 19.4. The van der Waals surface area contributed by atoms with Crippen LogP contribution in [0.4, 0.5) is 15.3 Å². The standard InChI is InChI=1S/C17H24N4O3.C11H16IN3O2/c1-16(2,3)24-15(23)19-6-7-21-13(10-19)12(9-18-21)20-11-17(4-5-17)8-14(20)22;1-11(2,3)17-10(16)14-4-5-15-9(7-14)8(12)6-13-15/h9H,4-8,10-11H2,1-3H3;6H,4-5,7H2,1-3H3. The van der Waals surface area contributed by atoms with E-state index in [1.807, 2.05) is 62.0 Å². The van der Waals surface area contributed by atoms with Crippen molar-refractivity contribution in [3.05, 3.63) is 27.4 Å². The Kier molecular flexibility index (Phi) is 7.79. The Labute approximate surface area is 254 Å². The molecule has 0 unspecified atom stereocenters. The molecule has 2 aromatic rings. The Hall–Kier alpha value is -2.84. The summed E-state index contributed by atoms with van der Waals surface area (Å²) in [6.45, 7) is 15.6. The predicted molar refractivity (Wildman–Crippen MR) is 159 cm³/mol. The van der Waals surface area contributed by atoms with Gasteiger partial charge in [-0.25, -0.2) is 9.59 Å². The fourth-order valence-corrected chi connectivity index (χ4v) is 5.83. The van der Waals surface area contributed by atoms with Gasteiger partial charge in [0.25, 0.3) is 0 Å². The van der Waals surface area contributed by atoms with Crippen LogP contribution in [0.25, 0.3) is 0 Å². The monoisotopic (exact) mass is 681 g/mol. The molecule has 6 rings (SSSR count). The molecule has 3 aliphatic heterocycles. The number of hydrogen-bond acceptors (Lipinski definition) is 7. The first kappa shape index (κ1) is 29.6. The molecule has 5 heterocycles. The molecule has 3 amide bonds. The minimum atomic E-state index is -0.513. The van der Waals surface area contributed by atoms with E-state index in [4.69, 9.17) is 9.47 Å². The van der Waals surface area contributed by atoms with Crippen molar-refractivity contribution in [1.29, 1.82) is 0 Å². The summed E-state index contributed by atoms with van der Waals surface area (Å²) in [4.78, 5) is 42.0. The molecule has 0 aromatic carbocycles. The maximum atomic E-state index is 12.4. The Balaban J connectivity index is 0.000000175. The fourth-order valence-electron chi connectivity index (χ4n) is 5.26. The molecule has 4 aliphatic rings. The Bertz CT molecular complexity index is 1330. The molecule has 1 saturated carbocycles. The fraction of sp³-hybridized carbons (Fsp3) is 0.679. The number of halogens is 1. The lowest BCUT2D eigenvalue weighted by atomic mass is 10.1. The minimum Gasteiger partial charge on any atom is -0.444 e. The van der Waals surface area contributed by atoms with Gasteiger partial charge in [0.2, 0.25) is 5.91 Å². The molecular weight excluding hydrogens is 641 g/mol. The molecule has 13 heteroatoms. The third-order valence-corrected chi connectivity index (χ3v) is 8.44. The van der Waals surface area contributed by atoms with Gasteiger partial charge in [0, 0.05) is 26.1 Å². The summed E-state index contributed by atoms with van der Waals surface area (Å²) in [7, 11) is 0. The number of carbonyl (C=O) groups excluding carboxylic acids is 3. The maximum Gasteiger partial charge on any atom is 0.410 e.